The first-order valence-electron chi connectivity index (χ1n) is 25.4. The zero-order valence-corrected chi connectivity index (χ0v) is 41.5. The molecule has 1 N–H and O–H groups in total. The van der Waals surface area contributed by atoms with Crippen molar-refractivity contribution in [2.24, 2.45) is 0 Å². The molecule has 9 heteroatoms. The van der Waals surface area contributed by atoms with E-state index in [1.807, 2.05) is 21.1 Å². The lowest BCUT2D eigenvalue weighted by molar-refractivity contribution is -0.870. The number of nitrogens with zero attached hydrogens (tertiary/aromatic N) is 1. The summed E-state index contributed by atoms with van der Waals surface area (Å²) in [5.41, 5.74) is 0. The minimum Gasteiger partial charge on any atom is -0.457 e. The maximum Gasteiger partial charge on any atom is 0.472 e. The van der Waals surface area contributed by atoms with Crippen LogP contribution in [-0.4, -0.2) is 75.6 Å². The van der Waals surface area contributed by atoms with Crippen molar-refractivity contribution in [1.82, 2.24) is 0 Å². The van der Waals surface area contributed by atoms with Gasteiger partial charge >= 0.3 is 13.8 Å². The number of carbonyl (C=O) groups excluding carboxylic acids is 1. The van der Waals surface area contributed by atoms with Crippen LogP contribution in [0.3, 0.4) is 0 Å². The maximum absolute atomic E-state index is 12.8. The van der Waals surface area contributed by atoms with E-state index < -0.39 is 13.9 Å². The Bertz CT molecular complexity index is 1120. The molecule has 0 aromatic carbocycles. The fourth-order valence-electron chi connectivity index (χ4n) is 6.91. The highest BCUT2D eigenvalue weighted by atomic mass is 31.2. The van der Waals surface area contributed by atoms with Gasteiger partial charge < -0.3 is 18.9 Å². The smallest absolute Gasteiger partial charge is 0.457 e. The third-order valence-electron chi connectivity index (χ3n) is 10.9. The molecule has 0 rings (SSSR count). The molecule has 0 spiro atoms. The number of carbonyl (C=O) groups is 1. The van der Waals surface area contributed by atoms with Gasteiger partial charge in [-0.05, 0) is 77.0 Å². The fourth-order valence-corrected chi connectivity index (χ4v) is 7.65. The van der Waals surface area contributed by atoms with Gasteiger partial charge in [0.25, 0.3) is 0 Å². The number of rotatable bonds is 47. The molecule has 358 valence electrons. The predicted molar refractivity (Wildman–Crippen MR) is 261 cm³/mol. The number of hydrogen-bond donors (Lipinski definition) is 1. The average molecular weight is 881 g/mol. The normalized spacial score (nSPS) is 14.0. The molecule has 0 aliphatic heterocycles. The summed E-state index contributed by atoms with van der Waals surface area (Å²) in [5, 5.41) is 0. The first-order valence-corrected chi connectivity index (χ1v) is 26.9. The van der Waals surface area contributed by atoms with Gasteiger partial charge in [0.15, 0.2) is 0 Å². The van der Waals surface area contributed by atoms with Crippen LogP contribution in [0.25, 0.3) is 0 Å². The number of unbranched alkanes of at least 4 members (excludes halogenated alkanes) is 25. The van der Waals surface area contributed by atoms with Crippen molar-refractivity contribution in [1.29, 1.82) is 0 Å². The van der Waals surface area contributed by atoms with Crippen molar-refractivity contribution in [3.8, 4) is 0 Å². The lowest BCUT2D eigenvalue weighted by Gasteiger charge is -2.24. The zero-order valence-electron chi connectivity index (χ0n) is 40.7. The van der Waals surface area contributed by atoms with Crippen molar-refractivity contribution >= 4 is 13.8 Å². The molecule has 0 aliphatic carbocycles. The molecular formula is C52H99NO7P+. The summed E-state index contributed by atoms with van der Waals surface area (Å²) in [4.78, 5) is 23.0. The molecule has 0 bridgehead atoms. The van der Waals surface area contributed by atoms with Crippen LogP contribution in [0.15, 0.2) is 48.6 Å². The van der Waals surface area contributed by atoms with E-state index in [0.717, 1.165) is 57.8 Å². The highest BCUT2D eigenvalue weighted by Crippen LogP contribution is 2.43. The van der Waals surface area contributed by atoms with Crippen molar-refractivity contribution in [3.63, 3.8) is 0 Å². The number of hydrogen-bond acceptors (Lipinski definition) is 6. The molecule has 0 amide bonds. The van der Waals surface area contributed by atoms with E-state index in [0.29, 0.717) is 24.1 Å². The molecule has 0 fully saturated rings. The summed E-state index contributed by atoms with van der Waals surface area (Å²) >= 11 is 0. The number of phosphoric acid groups is 1. The summed E-state index contributed by atoms with van der Waals surface area (Å²) in [5.74, 6) is -0.326. The van der Waals surface area contributed by atoms with Gasteiger partial charge in [-0.25, -0.2) is 4.57 Å². The van der Waals surface area contributed by atoms with E-state index >= 15 is 0 Å². The number of ether oxygens (including phenoxy) is 2. The summed E-state index contributed by atoms with van der Waals surface area (Å²) < 4.78 is 35.1. The molecule has 0 aromatic rings. The van der Waals surface area contributed by atoms with Crippen molar-refractivity contribution in [2.45, 2.75) is 225 Å². The second-order valence-electron chi connectivity index (χ2n) is 18.2. The van der Waals surface area contributed by atoms with Crippen LogP contribution in [0.5, 0.6) is 0 Å². The molecule has 0 saturated carbocycles. The third kappa shape index (κ3) is 49.3. The Labute approximate surface area is 378 Å². The van der Waals surface area contributed by atoms with Crippen LogP contribution >= 0.6 is 7.82 Å². The van der Waals surface area contributed by atoms with Crippen molar-refractivity contribution in [2.75, 3.05) is 54.1 Å². The Kier molecular flexibility index (Phi) is 43.9. The Morgan fingerprint density at radius 1 is 0.508 bits per heavy atom. The number of phosphoric ester groups is 1. The van der Waals surface area contributed by atoms with E-state index in [2.05, 4.69) is 62.5 Å². The average Bonchev–Trinajstić information content (AvgIpc) is 3.22. The molecule has 0 saturated heterocycles. The van der Waals surface area contributed by atoms with E-state index in [-0.39, 0.29) is 25.8 Å². The van der Waals surface area contributed by atoms with Crippen LogP contribution in [0.1, 0.15) is 219 Å². The Morgan fingerprint density at radius 3 is 1.36 bits per heavy atom. The fraction of sp³-hybridized carbons (Fsp3) is 0.827. The first-order chi connectivity index (χ1) is 29.6. The van der Waals surface area contributed by atoms with Gasteiger partial charge in [0.1, 0.15) is 19.3 Å². The monoisotopic (exact) mass is 881 g/mol. The van der Waals surface area contributed by atoms with Gasteiger partial charge in [-0.2, -0.15) is 0 Å². The summed E-state index contributed by atoms with van der Waals surface area (Å²) in [6.45, 7) is 5.60. The Hall–Kier alpha value is -1.54. The third-order valence-corrected chi connectivity index (χ3v) is 11.8. The maximum atomic E-state index is 12.8. The summed E-state index contributed by atoms with van der Waals surface area (Å²) in [6, 6.07) is 0. The highest BCUT2D eigenvalue weighted by molar-refractivity contribution is 7.47. The standard InChI is InChI=1S/C52H98NO7P/c1-6-8-10-12-14-16-18-20-22-24-26-27-28-29-31-33-35-37-39-41-43-45-52(54)60-51(50-59-61(55,56)58-48-46-53(3,4)5)49-57-47-44-42-40-38-36-34-32-30-25-23-21-19-17-15-13-11-9-7-2/h18,20-21,23-24,26,28-29,51H,6-17,19,22,25,27,30-50H2,1-5H3/p+1/b20-18-,23-21-,26-24-,29-28-. The summed E-state index contributed by atoms with van der Waals surface area (Å²) in [7, 11) is 1.66. The van der Waals surface area contributed by atoms with Gasteiger partial charge in [-0.15, -0.1) is 0 Å². The summed E-state index contributed by atoms with van der Waals surface area (Å²) in [6.07, 6.45) is 55.8. The number of esters is 1. The Morgan fingerprint density at radius 2 is 0.902 bits per heavy atom. The van der Waals surface area contributed by atoms with E-state index in [4.69, 9.17) is 18.5 Å². The van der Waals surface area contributed by atoms with Gasteiger partial charge in [0.2, 0.25) is 0 Å². The van der Waals surface area contributed by atoms with Crippen LogP contribution in [0.2, 0.25) is 0 Å². The van der Waals surface area contributed by atoms with Gasteiger partial charge in [-0.1, -0.05) is 184 Å². The van der Waals surface area contributed by atoms with E-state index in [1.54, 1.807) is 0 Å². The molecule has 61 heavy (non-hydrogen) atoms. The molecule has 0 heterocycles. The molecule has 2 unspecified atom stereocenters. The van der Waals surface area contributed by atoms with E-state index in [1.165, 1.54) is 141 Å². The lowest BCUT2D eigenvalue weighted by atomic mass is 10.1. The lowest BCUT2D eigenvalue weighted by Crippen LogP contribution is -2.37. The number of quaternary nitrogens is 1. The largest absolute Gasteiger partial charge is 0.472 e. The van der Waals surface area contributed by atoms with Crippen LogP contribution < -0.4 is 0 Å². The van der Waals surface area contributed by atoms with E-state index in [9.17, 15) is 14.3 Å². The second kappa shape index (κ2) is 45.0. The van der Waals surface area contributed by atoms with Gasteiger partial charge in [-0.3, -0.25) is 13.8 Å². The highest BCUT2D eigenvalue weighted by Gasteiger charge is 2.26. The van der Waals surface area contributed by atoms with Crippen LogP contribution in [0.4, 0.5) is 0 Å². The molecule has 0 aromatic heterocycles. The quantitative estimate of drug-likeness (QED) is 0.0214. The molecule has 2 atom stereocenters. The van der Waals surface area contributed by atoms with Crippen molar-refractivity contribution in [3.05, 3.63) is 48.6 Å². The number of allylic oxidation sites excluding steroid dienone is 8. The molecular weight excluding hydrogens is 782 g/mol. The zero-order chi connectivity index (χ0) is 44.8. The first kappa shape index (κ1) is 59.5. The number of likely N-dealkylation sites (N-methyl/N-ethyl adjacent to an activating group) is 1. The SMILES string of the molecule is CCCCCCC/C=C\C/C=C\C/C=C\CCCCCCCCC(=O)OC(COCCCCCCCCCC/C=C\CCCCCCCC)COP(=O)(O)OCC[N+](C)(C)C. The molecule has 8 nitrogen and oxygen atoms in total. The van der Waals surface area contributed by atoms with Crippen LogP contribution in [0, 0.1) is 0 Å². The van der Waals surface area contributed by atoms with Crippen LogP contribution in [-0.2, 0) is 27.9 Å². The topological polar surface area (TPSA) is 91.3 Å². The van der Waals surface area contributed by atoms with Gasteiger partial charge in [0.05, 0.1) is 34.4 Å². The molecule has 0 radical (unpaired) electrons. The van der Waals surface area contributed by atoms with Crippen molar-refractivity contribution < 1.29 is 37.3 Å². The molecule has 0 aliphatic rings. The minimum absolute atomic E-state index is 0.0842. The second-order valence-corrected chi connectivity index (χ2v) is 19.6. The Balaban J connectivity index is 4.20. The predicted octanol–water partition coefficient (Wildman–Crippen LogP) is 15.5. The van der Waals surface area contributed by atoms with Gasteiger partial charge in [0, 0.05) is 13.0 Å². The minimum atomic E-state index is -4.29.